The number of halogens is 5. The van der Waals surface area contributed by atoms with E-state index < -0.39 is 28.5 Å². The fourth-order valence-electron chi connectivity index (χ4n) is 3.97. The molecule has 0 aliphatic rings. The van der Waals surface area contributed by atoms with Crippen molar-refractivity contribution in [3.05, 3.63) is 88.2 Å². The number of hydrogen-bond acceptors (Lipinski definition) is 4. The SMILES string of the molecule is CCS(=O)(=O)c1cccc(-c2ccc(-n3cc(C(=O)NCC(F)(F)F)nc3-c3c(Cl)cccc3Cl)c(C)c2)c1. The van der Waals surface area contributed by atoms with E-state index in [2.05, 4.69) is 4.98 Å². The second-order valence-corrected chi connectivity index (χ2v) is 11.7. The monoisotopic (exact) mass is 595 g/mol. The van der Waals surface area contributed by atoms with Gasteiger partial charge in [0.25, 0.3) is 5.91 Å². The molecule has 0 fully saturated rings. The summed E-state index contributed by atoms with van der Waals surface area (Å²) in [4.78, 5) is 17.1. The lowest BCUT2D eigenvalue weighted by atomic mass is 10.0. The van der Waals surface area contributed by atoms with Crippen molar-refractivity contribution in [1.82, 2.24) is 14.9 Å². The number of sulfone groups is 1. The van der Waals surface area contributed by atoms with Crippen molar-refractivity contribution in [3.8, 4) is 28.2 Å². The number of rotatable bonds is 7. The number of carbonyl (C=O) groups is 1. The Hall–Kier alpha value is -3.34. The summed E-state index contributed by atoms with van der Waals surface area (Å²) in [5, 5.41) is 2.30. The first-order valence-corrected chi connectivity index (χ1v) is 14.0. The Kier molecular flexibility index (Phi) is 8.11. The second kappa shape index (κ2) is 11.0. The van der Waals surface area contributed by atoms with Crippen LogP contribution in [0.15, 0.2) is 71.8 Å². The number of nitrogens with zero attached hydrogens (tertiary/aromatic N) is 2. The van der Waals surface area contributed by atoms with Crippen molar-refractivity contribution in [1.29, 1.82) is 0 Å². The highest BCUT2D eigenvalue weighted by molar-refractivity contribution is 7.91. The summed E-state index contributed by atoms with van der Waals surface area (Å²) in [6.07, 6.45) is -3.27. The van der Waals surface area contributed by atoms with E-state index in [-0.39, 0.29) is 32.2 Å². The molecule has 0 atom stereocenters. The molecule has 1 heterocycles. The van der Waals surface area contributed by atoms with Gasteiger partial charge in [0.15, 0.2) is 9.84 Å². The summed E-state index contributed by atoms with van der Waals surface area (Å²) in [6, 6.07) is 16.7. The Morgan fingerprint density at radius 3 is 2.26 bits per heavy atom. The minimum absolute atomic E-state index is 0.0265. The molecule has 0 saturated heterocycles. The molecule has 0 bridgehead atoms. The molecular formula is C27H22Cl2F3N3O3S. The summed E-state index contributed by atoms with van der Waals surface area (Å²) in [6.45, 7) is 1.86. The molecule has 1 aromatic heterocycles. The van der Waals surface area contributed by atoms with Crippen LogP contribution in [0.2, 0.25) is 10.0 Å². The first-order valence-electron chi connectivity index (χ1n) is 11.6. The zero-order valence-corrected chi connectivity index (χ0v) is 23.0. The van der Waals surface area contributed by atoms with Crippen molar-refractivity contribution in [2.45, 2.75) is 24.9 Å². The van der Waals surface area contributed by atoms with Crippen molar-refractivity contribution in [2.24, 2.45) is 0 Å². The van der Waals surface area contributed by atoms with Crippen LogP contribution in [0.4, 0.5) is 13.2 Å². The van der Waals surface area contributed by atoms with E-state index in [0.717, 1.165) is 5.56 Å². The van der Waals surface area contributed by atoms with E-state index in [1.807, 2.05) is 11.4 Å². The van der Waals surface area contributed by atoms with E-state index >= 15 is 0 Å². The van der Waals surface area contributed by atoms with Gasteiger partial charge in [-0.15, -0.1) is 0 Å². The summed E-state index contributed by atoms with van der Waals surface area (Å²) in [7, 11) is -3.40. The minimum atomic E-state index is -4.59. The van der Waals surface area contributed by atoms with Crippen LogP contribution in [-0.2, 0) is 9.84 Å². The zero-order valence-electron chi connectivity index (χ0n) is 20.7. The van der Waals surface area contributed by atoms with Gasteiger partial charge in [-0.25, -0.2) is 13.4 Å². The highest BCUT2D eigenvalue weighted by atomic mass is 35.5. The molecule has 4 rings (SSSR count). The molecule has 1 N–H and O–H groups in total. The number of amides is 1. The number of hydrogen-bond donors (Lipinski definition) is 1. The topological polar surface area (TPSA) is 81.1 Å². The highest BCUT2D eigenvalue weighted by Gasteiger charge is 2.29. The minimum Gasteiger partial charge on any atom is -0.342 e. The maximum atomic E-state index is 12.7. The molecule has 0 radical (unpaired) electrons. The summed E-state index contributed by atoms with van der Waals surface area (Å²) >= 11 is 12.8. The molecule has 12 heteroatoms. The Labute approximate surface area is 233 Å². The van der Waals surface area contributed by atoms with E-state index in [4.69, 9.17) is 23.2 Å². The molecule has 0 aliphatic heterocycles. The lowest BCUT2D eigenvalue weighted by Gasteiger charge is -2.14. The van der Waals surface area contributed by atoms with Gasteiger partial charge in [0.05, 0.1) is 31.9 Å². The van der Waals surface area contributed by atoms with E-state index in [0.29, 0.717) is 22.4 Å². The molecule has 3 aromatic carbocycles. The Bertz CT molecular complexity index is 1650. The van der Waals surface area contributed by atoms with Gasteiger partial charge in [-0.2, -0.15) is 13.2 Å². The molecule has 0 unspecified atom stereocenters. The molecule has 0 spiro atoms. The van der Waals surface area contributed by atoms with Crippen LogP contribution in [-0.4, -0.2) is 42.3 Å². The van der Waals surface area contributed by atoms with Gasteiger partial charge < -0.3 is 5.32 Å². The third kappa shape index (κ3) is 6.29. The fraction of sp³-hybridized carbons (Fsp3) is 0.185. The normalized spacial score (nSPS) is 12.0. The fourth-order valence-corrected chi connectivity index (χ4v) is 5.47. The number of benzene rings is 3. The van der Waals surface area contributed by atoms with Crippen LogP contribution in [0.25, 0.3) is 28.2 Å². The number of aromatic nitrogens is 2. The third-order valence-corrected chi connectivity index (χ3v) is 8.30. The van der Waals surface area contributed by atoms with Crippen LogP contribution in [0.3, 0.4) is 0 Å². The van der Waals surface area contributed by atoms with Gasteiger partial charge in [-0.05, 0) is 60.0 Å². The molecule has 1 amide bonds. The zero-order chi connectivity index (χ0) is 28.5. The van der Waals surface area contributed by atoms with Crippen LogP contribution < -0.4 is 5.32 Å². The number of imidazole rings is 1. The summed E-state index contributed by atoms with van der Waals surface area (Å²) in [5.74, 6) is -0.880. The lowest BCUT2D eigenvalue weighted by Crippen LogP contribution is -2.33. The van der Waals surface area contributed by atoms with Crippen LogP contribution >= 0.6 is 23.2 Å². The largest absolute Gasteiger partial charge is 0.405 e. The van der Waals surface area contributed by atoms with Crippen molar-refractivity contribution < 1.29 is 26.4 Å². The molecule has 39 heavy (non-hydrogen) atoms. The highest BCUT2D eigenvalue weighted by Crippen LogP contribution is 2.36. The molecule has 6 nitrogen and oxygen atoms in total. The quantitative estimate of drug-likeness (QED) is 0.252. The molecule has 0 saturated carbocycles. The summed E-state index contributed by atoms with van der Waals surface area (Å²) in [5.41, 5.74) is 2.74. The molecule has 4 aromatic rings. The van der Waals surface area contributed by atoms with Gasteiger partial charge >= 0.3 is 6.18 Å². The van der Waals surface area contributed by atoms with Gasteiger partial charge in [-0.3, -0.25) is 9.36 Å². The average molecular weight is 596 g/mol. The van der Waals surface area contributed by atoms with Crippen LogP contribution in [0.5, 0.6) is 0 Å². The number of carbonyl (C=O) groups excluding carboxylic acids is 1. The smallest absolute Gasteiger partial charge is 0.342 e. The Morgan fingerprint density at radius 2 is 1.64 bits per heavy atom. The van der Waals surface area contributed by atoms with E-state index in [1.165, 1.54) is 10.8 Å². The van der Waals surface area contributed by atoms with Crippen molar-refractivity contribution >= 4 is 38.9 Å². The first kappa shape index (κ1) is 28.7. The Morgan fingerprint density at radius 1 is 1.00 bits per heavy atom. The number of alkyl halides is 3. The predicted octanol–water partition coefficient (Wildman–Crippen LogP) is 6.91. The average Bonchev–Trinajstić information content (AvgIpc) is 3.31. The van der Waals surface area contributed by atoms with Gasteiger partial charge in [0.2, 0.25) is 0 Å². The van der Waals surface area contributed by atoms with Gasteiger partial charge in [0.1, 0.15) is 18.1 Å². The van der Waals surface area contributed by atoms with Crippen LogP contribution in [0.1, 0.15) is 23.0 Å². The third-order valence-electron chi connectivity index (χ3n) is 5.94. The maximum Gasteiger partial charge on any atom is 0.405 e. The first-order chi connectivity index (χ1) is 18.3. The van der Waals surface area contributed by atoms with Crippen LogP contribution in [0, 0.1) is 6.92 Å². The van der Waals surface area contributed by atoms with Crippen molar-refractivity contribution in [2.75, 3.05) is 12.3 Å². The summed E-state index contributed by atoms with van der Waals surface area (Å²) < 4.78 is 64.3. The van der Waals surface area contributed by atoms with Gasteiger partial charge in [0, 0.05) is 6.20 Å². The Balaban J connectivity index is 1.82. The van der Waals surface area contributed by atoms with E-state index in [1.54, 1.807) is 68.4 Å². The molecule has 0 aliphatic carbocycles. The van der Waals surface area contributed by atoms with Crippen molar-refractivity contribution in [3.63, 3.8) is 0 Å². The molecular weight excluding hydrogens is 574 g/mol. The second-order valence-electron chi connectivity index (χ2n) is 8.65. The molecule has 204 valence electrons. The number of aryl methyl sites for hydroxylation is 1. The predicted molar refractivity (Wildman–Crippen MR) is 145 cm³/mol. The lowest BCUT2D eigenvalue weighted by molar-refractivity contribution is -0.123. The standard InChI is InChI=1S/C27H22Cl2F3N3O3S/c1-3-39(37,38)19-7-4-6-17(13-19)18-10-11-23(16(2)12-18)35-14-22(26(36)33-15-27(30,31)32)34-25(35)24-20(28)8-5-9-21(24)29/h4-14H,3,15H2,1-2H3,(H,33,36). The van der Waals surface area contributed by atoms with E-state index in [9.17, 15) is 26.4 Å². The van der Waals surface area contributed by atoms with Gasteiger partial charge in [-0.1, -0.05) is 54.4 Å². The maximum absolute atomic E-state index is 12.7. The number of nitrogens with one attached hydrogen (secondary N) is 1.